The zero-order valence-corrected chi connectivity index (χ0v) is 15.4. The fraction of sp³-hybridized carbons (Fsp3) is 0.762. The zero-order valence-electron chi connectivity index (χ0n) is 15.4. The molecule has 122 valence electrons. The second-order valence-electron chi connectivity index (χ2n) is 9.83. The van der Waals surface area contributed by atoms with E-state index in [0.29, 0.717) is 5.78 Å². The summed E-state index contributed by atoms with van der Waals surface area (Å²) in [6.45, 7) is 13.8. The Labute approximate surface area is 136 Å². The van der Waals surface area contributed by atoms with Crippen LogP contribution in [0.2, 0.25) is 0 Å². The summed E-state index contributed by atoms with van der Waals surface area (Å²) in [6.07, 6.45) is 8.09. The largest absolute Gasteiger partial charge is 0.294 e. The second-order valence-corrected chi connectivity index (χ2v) is 9.83. The molecule has 0 aromatic carbocycles. The molecule has 3 aliphatic rings. The average molecular weight is 300 g/mol. The topological polar surface area (TPSA) is 17.1 Å². The number of hydrogen-bond donors (Lipinski definition) is 0. The molecule has 3 aliphatic carbocycles. The molecule has 2 saturated carbocycles. The molecular formula is C21H32O. The van der Waals surface area contributed by atoms with Crippen LogP contribution in [0.1, 0.15) is 86.5 Å². The summed E-state index contributed by atoms with van der Waals surface area (Å²) in [6, 6.07) is 0. The van der Waals surface area contributed by atoms with E-state index < -0.39 is 0 Å². The van der Waals surface area contributed by atoms with Gasteiger partial charge in [0.1, 0.15) is 0 Å². The molecule has 0 saturated heterocycles. The molecule has 1 heteroatoms. The van der Waals surface area contributed by atoms with E-state index in [9.17, 15) is 4.79 Å². The Balaban J connectivity index is 2.13. The van der Waals surface area contributed by atoms with Gasteiger partial charge in [0.05, 0.1) is 0 Å². The van der Waals surface area contributed by atoms with E-state index in [0.717, 1.165) is 25.7 Å². The van der Waals surface area contributed by atoms with Crippen LogP contribution in [-0.4, -0.2) is 5.78 Å². The highest BCUT2D eigenvalue weighted by Crippen LogP contribution is 2.59. The third-order valence-corrected chi connectivity index (χ3v) is 6.17. The Morgan fingerprint density at radius 1 is 0.818 bits per heavy atom. The van der Waals surface area contributed by atoms with Crippen LogP contribution in [0.3, 0.4) is 0 Å². The number of allylic oxidation sites excluding steroid dienone is 4. The van der Waals surface area contributed by atoms with Crippen molar-refractivity contribution in [1.82, 2.24) is 0 Å². The number of Topliss-reactive ketones (excluding diaryl/α,β-unsaturated/α-hetero) is 1. The van der Waals surface area contributed by atoms with Gasteiger partial charge < -0.3 is 0 Å². The fourth-order valence-corrected chi connectivity index (χ4v) is 4.85. The smallest absolute Gasteiger partial charge is 0.169 e. The van der Waals surface area contributed by atoms with Gasteiger partial charge in [0, 0.05) is 11.0 Å². The first kappa shape index (κ1) is 16.0. The molecule has 0 aromatic heterocycles. The molecule has 3 rings (SSSR count). The van der Waals surface area contributed by atoms with E-state index in [1.54, 1.807) is 5.57 Å². The minimum absolute atomic E-state index is 0.0314. The highest BCUT2D eigenvalue weighted by molar-refractivity contribution is 6.09. The average Bonchev–Trinajstić information content (AvgIpc) is 2.87. The van der Waals surface area contributed by atoms with E-state index in [2.05, 4.69) is 41.5 Å². The normalized spacial score (nSPS) is 25.5. The van der Waals surface area contributed by atoms with Crippen molar-refractivity contribution < 1.29 is 4.79 Å². The number of hydrogen-bond acceptors (Lipinski definition) is 1. The van der Waals surface area contributed by atoms with Gasteiger partial charge in [0.25, 0.3) is 0 Å². The Kier molecular flexibility index (Phi) is 3.51. The maximum atomic E-state index is 13.4. The molecule has 0 unspecified atom stereocenters. The summed E-state index contributed by atoms with van der Waals surface area (Å²) in [4.78, 5) is 13.4. The SMILES string of the molecule is CC(C)(C)C1=C2CC3(CCCCC3)C(=O)C2=C(C(C)(C)C)C1. The second kappa shape index (κ2) is 4.82. The third-order valence-electron chi connectivity index (χ3n) is 6.17. The van der Waals surface area contributed by atoms with Crippen molar-refractivity contribution in [2.75, 3.05) is 0 Å². The Hall–Kier alpha value is -0.850. The van der Waals surface area contributed by atoms with Crippen LogP contribution in [0.4, 0.5) is 0 Å². The molecule has 0 bridgehead atoms. The van der Waals surface area contributed by atoms with Gasteiger partial charge in [-0.15, -0.1) is 0 Å². The summed E-state index contributed by atoms with van der Waals surface area (Å²) in [5.41, 5.74) is 5.82. The molecule has 0 aromatic rings. The molecule has 2 fully saturated rings. The van der Waals surface area contributed by atoms with Gasteiger partial charge in [-0.3, -0.25) is 4.79 Å². The van der Waals surface area contributed by atoms with Crippen LogP contribution in [0.25, 0.3) is 0 Å². The van der Waals surface area contributed by atoms with Gasteiger partial charge in [-0.05, 0) is 47.7 Å². The van der Waals surface area contributed by atoms with Crippen LogP contribution >= 0.6 is 0 Å². The minimum atomic E-state index is -0.0314. The molecule has 0 heterocycles. The highest BCUT2D eigenvalue weighted by atomic mass is 16.1. The van der Waals surface area contributed by atoms with Crippen LogP contribution in [-0.2, 0) is 4.79 Å². The lowest BCUT2D eigenvalue weighted by atomic mass is 9.70. The molecule has 0 radical (unpaired) electrons. The molecule has 0 N–H and O–H groups in total. The Morgan fingerprint density at radius 2 is 1.36 bits per heavy atom. The van der Waals surface area contributed by atoms with Crippen LogP contribution in [0.15, 0.2) is 22.3 Å². The molecule has 0 atom stereocenters. The first-order valence-corrected chi connectivity index (χ1v) is 9.08. The summed E-state index contributed by atoms with van der Waals surface area (Å²) in [5.74, 6) is 0.506. The fourth-order valence-electron chi connectivity index (χ4n) is 4.85. The number of ketones is 1. The molecule has 1 spiro atoms. The molecule has 0 aliphatic heterocycles. The van der Waals surface area contributed by atoms with Gasteiger partial charge in [-0.25, -0.2) is 0 Å². The van der Waals surface area contributed by atoms with Crippen LogP contribution in [0, 0.1) is 16.2 Å². The molecule has 0 amide bonds. The predicted molar refractivity (Wildman–Crippen MR) is 92.7 cm³/mol. The standard InChI is InChI=1S/C21H32O/c1-19(2,3)15-12-16(20(4,5)6)17-14(15)13-21(18(17)22)10-8-7-9-11-21/h7-13H2,1-6H3. The van der Waals surface area contributed by atoms with Gasteiger partial charge in [0.15, 0.2) is 5.78 Å². The Bertz CT molecular complexity index is 566. The van der Waals surface area contributed by atoms with Crippen LogP contribution in [0.5, 0.6) is 0 Å². The van der Waals surface area contributed by atoms with Gasteiger partial charge in [-0.1, -0.05) is 66.4 Å². The van der Waals surface area contributed by atoms with E-state index in [1.807, 2.05) is 0 Å². The molecule has 22 heavy (non-hydrogen) atoms. The number of fused-ring (bicyclic) bond motifs is 1. The lowest BCUT2D eigenvalue weighted by Gasteiger charge is -2.33. The van der Waals surface area contributed by atoms with Crippen molar-refractivity contribution in [3.8, 4) is 0 Å². The van der Waals surface area contributed by atoms with E-state index in [1.165, 1.54) is 36.0 Å². The van der Waals surface area contributed by atoms with Gasteiger partial charge in [-0.2, -0.15) is 0 Å². The van der Waals surface area contributed by atoms with Gasteiger partial charge >= 0.3 is 0 Å². The van der Waals surface area contributed by atoms with Crippen molar-refractivity contribution in [2.24, 2.45) is 16.2 Å². The van der Waals surface area contributed by atoms with Gasteiger partial charge in [0.2, 0.25) is 0 Å². The summed E-state index contributed by atoms with van der Waals surface area (Å²) < 4.78 is 0. The summed E-state index contributed by atoms with van der Waals surface area (Å²) in [7, 11) is 0. The van der Waals surface area contributed by atoms with Crippen molar-refractivity contribution in [3.63, 3.8) is 0 Å². The minimum Gasteiger partial charge on any atom is -0.294 e. The summed E-state index contributed by atoms with van der Waals surface area (Å²) in [5, 5.41) is 0. The lowest BCUT2D eigenvalue weighted by molar-refractivity contribution is -0.124. The van der Waals surface area contributed by atoms with Crippen molar-refractivity contribution in [2.45, 2.75) is 86.5 Å². The lowest BCUT2D eigenvalue weighted by Crippen LogP contribution is -2.30. The predicted octanol–water partition coefficient (Wildman–Crippen LogP) is 6.00. The number of rotatable bonds is 0. The third kappa shape index (κ3) is 2.32. The van der Waals surface area contributed by atoms with E-state index in [-0.39, 0.29) is 16.2 Å². The first-order valence-electron chi connectivity index (χ1n) is 9.08. The van der Waals surface area contributed by atoms with E-state index in [4.69, 9.17) is 0 Å². The van der Waals surface area contributed by atoms with Crippen molar-refractivity contribution in [1.29, 1.82) is 0 Å². The number of carbonyl (C=O) groups excluding carboxylic acids is 1. The molecular weight excluding hydrogens is 268 g/mol. The monoisotopic (exact) mass is 300 g/mol. The van der Waals surface area contributed by atoms with Crippen molar-refractivity contribution in [3.05, 3.63) is 22.3 Å². The maximum absolute atomic E-state index is 13.4. The summed E-state index contributed by atoms with van der Waals surface area (Å²) >= 11 is 0. The Morgan fingerprint density at radius 3 is 1.86 bits per heavy atom. The van der Waals surface area contributed by atoms with Crippen LogP contribution < -0.4 is 0 Å². The quantitative estimate of drug-likeness (QED) is 0.536. The van der Waals surface area contributed by atoms with Crippen molar-refractivity contribution >= 4 is 5.78 Å². The van der Waals surface area contributed by atoms with E-state index >= 15 is 0 Å². The highest BCUT2D eigenvalue weighted by Gasteiger charge is 2.52. The number of carbonyl (C=O) groups is 1. The first-order chi connectivity index (χ1) is 10.1. The molecule has 1 nitrogen and oxygen atoms in total. The maximum Gasteiger partial charge on any atom is 0.169 e. The zero-order chi connectivity index (χ0) is 16.3.